The summed E-state index contributed by atoms with van der Waals surface area (Å²) in [6.45, 7) is 2.75. The van der Waals surface area contributed by atoms with Gasteiger partial charge in [0.1, 0.15) is 0 Å². The van der Waals surface area contributed by atoms with Gasteiger partial charge < -0.3 is 19.7 Å². The van der Waals surface area contributed by atoms with Gasteiger partial charge in [-0.2, -0.15) is 0 Å². The van der Waals surface area contributed by atoms with Crippen LogP contribution >= 0.6 is 12.4 Å². The van der Waals surface area contributed by atoms with Crippen LogP contribution in [0.3, 0.4) is 0 Å². The van der Waals surface area contributed by atoms with Crippen molar-refractivity contribution < 1.29 is 10.2 Å². The fourth-order valence-corrected chi connectivity index (χ4v) is 4.91. The van der Waals surface area contributed by atoms with Gasteiger partial charge in [-0.3, -0.25) is 0 Å². The number of rotatable bonds is 5. The molecule has 0 saturated carbocycles. The van der Waals surface area contributed by atoms with Crippen molar-refractivity contribution in [2.75, 3.05) is 19.6 Å². The van der Waals surface area contributed by atoms with Gasteiger partial charge >= 0.3 is 0 Å². The third kappa shape index (κ3) is 4.21. The highest BCUT2D eigenvalue weighted by atomic mass is 35.5. The lowest BCUT2D eigenvalue weighted by molar-refractivity contribution is -0.0351. The summed E-state index contributed by atoms with van der Waals surface area (Å²) in [5.41, 5.74) is 2.57. The Labute approximate surface area is 189 Å². The lowest BCUT2D eigenvalue weighted by Gasteiger charge is -2.39. The Kier molecular flexibility index (Phi) is 6.35. The van der Waals surface area contributed by atoms with Gasteiger partial charge in [0, 0.05) is 41.4 Å². The first-order valence-corrected chi connectivity index (χ1v) is 10.8. The Bertz CT molecular complexity index is 1100. The molecule has 4 nitrogen and oxygen atoms in total. The quantitative estimate of drug-likeness (QED) is 0.482. The number of aliphatic hydroxyl groups is 2. The van der Waals surface area contributed by atoms with Crippen LogP contribution in [0.5, 0.6) is 0 Å². The summed E-state index contributed by atoms with van der Waals surface area (Å²) in [7, 11) is 0. The lowest BCUT2D eigenvalue weighted by Crippen LogP contribution is -2.45. The number of likely N-dealkylation sites (tertiary alicyclic amines) is 1. The van der Waals surface area contributed by atoms with Crippen molar-refractivity contribution in [1.29, 1.82) is 0 Å². The normalized spacial score (nSPS) is 17.5. The molecule has 0 amide bonds. The topological polar surface area (TPSA) is 48.6 Å². The Morgan fingerprint density at radius 2 is 1.26 bits per heavy atom. The molecule has 3 aromatic carbocycles. The Balaban J connectivity index is 0.00000231. The number of benzene rings is 3. The van der Waals surface area contributed by atoms with Gasteiger partial charge in [0.15, 0.2) is 0 Å². The van der Waals surface area contributed by atoms with Crippen LogP contribution in [0.1, 0.15) is 18.4 Å². The summed E-state index contributed by atoms with van der Waals surface area (Å²) in [5.74, 6) is 0. The summed E-state index contributed by atoms with van der Waals surface area (Å²) >= 11 is 0. The molecule has 2 heterocycles. The number of aliphatic hydroxyl groups excluding tert-OH is 1. The highest BCUT2D eigenvalue weighted by Gasteiger charge is 2.34. The number of para-hydroxylation sites is 2. The van der Waals surface area contributed by atoms with E-state index in [2.05, 4.69) is 58.0 Å². The van der Waals surface area contributed by atoms with Gasteiger partial charge in [-0.1, -0.05) is 66.7 Å². The molecule has 5 rings (SSSR count). The van der Waals surface area contributed by atoms with Crippen LogP contribution in [0, 0.1) is 0 Å². The average Bonchev–Trinajstić information content (AvgIpc) is 3.10. The van der Waals surface area contributed by atoms with Gasteiger partial charge in [-0.25, -0.2) is 0 Å². The van der Waals surface area contributed by atoms with E-state index in [1.165, 1.54) is 10.8 Å². The van der Waals surface area contributed by atoms with Crippen LogP contribution in [-0.4, -0.2) is 45.4 Å². The van der Waals surface area contributed by atoms with E-state index < -0.39 is 11.7 Å². The Morgan fingerprint density at radius 1 is 0.742 bits per heavy atom. The molecule has 0 bridgehead atoms. The van der Waals surface area contributed by atoms with Gasteiger partial charge in [0.05, 0.1) is 18.2 Å². The third-order valence-corrected chi connectivity index (χ3v) is 6.54. The zero-order valence-electron chi connectivity index (χ0n) is 17.5. The fraction of sp³-hybridized carbons (Fsp3) is 0.308. The molecule has 0 spiro atoms. The van der Waals surface area contributed by atoms with E-state index in [1.54, 1.807) is 0 Å². The van der Waals surface area contributed by atoms with Crippen LogP contribution in [0.15, 0.2) is 78.9 Å². The number of aromatic nitrogens is 1. The Hall–Kier alpha value is -2.37. The van der Waals surface area contributed by atoms with Crippen LogP contribution in [-0.2, 0) is 12.1 Å². The number of hydrogen-bond donors (Lipinski definition) is 2. The summed E-state index contributed by atoms with van der Waals surface area (Å²) < 4.78 is 2.24. The molecule has 1 unspecified atom stereocenters. The standard InChI is InChI=1S/C26H28N2O2.ClH/c29-21(18-27-16-14-26(30,15-17-27)20-8-2-1-3-9-20)19-28-24-12-6-4-10-22(24)23-11-5-7-13-25(23)28;/h1-13,21,29-30H,14-19H2;1H. The lowest BCUT2D eigenvalue weighted by atomic mass is 9.84. The SMILES string of the molecule is Cl.OC(CN1CCC(O)(c2ccccc2)CC1)Cn1c2ccccc2c2ccccc21. The number of nitrogens with zero attached hydrogens (tertiary/aromatic N) is 2. The predicted octanol–water partition coefficient (Wildman–Crippen LogP) is 4.56. The average molecular weight is 437 g/mol. The van der Waals surface area contributed by atoms with Crippen LogP contribution in [0.2, 0.25) is 0 Å². The molecule has 31 heavy (non-hydrogen) atoms. The summed E-state index contributed by atoms with van der Waals surface area (Å²) in [4.78, 5) is 2.27. The van der Waals surface area contributed by atoms with E-state index >= 15 is 0 Å². The maximum atomic E-state index is 11.0. The van der Waals surface area contributed by atoms with E-state index in [1.807, 2.05) is 30.3 Å². The molecule has 1 aliphatic rings. The minimum atomic E-state index is -0.754. The molecule has 1 atom stereocenters. The highest BCUT2D eigenvalue weighted by molar-refractivity contribution is 6.07. The van der Waals surface area contributed by atoms with Gasteiger partial charge in [-0.15, -0.1) is 12.4 Å². The molecule has 0 radical (unpaired) electrons. The largest absolute Gasteiger partial charge is 0.390 e. The van der Waals surface area contributed by atoms with Gasteiger partial charge in [0.2, 0.25) is 0 Å². The molecule has 5 heteroatoms. The van der Waals surface area contributed by atoms with E-state index in [0.717, 1.165) is 29.7 Å². The second-order valence-electron chi connectivity index (χ2n) is 8.50. The molecular formula is C26H29ClN2O2. The first-order valence-electron chi connectivity index (χ1n) is 10.8. The van der Waals surface area contributed by atoms with Crippen molar-refractivity contribution >= 4 is 34.2 Å². The minimum absolute atomic E-state index is 0. The van der Waals surface area contributed by atoms with Gasteiger partial charge in [0.25, 0.3) is 0 Å². The summed E-state index contributed by atoms with van der Waals surface area (Å²) in [6.07, 6.45) is 0.922. The Morgan fingerprint density at radius 3 is 1.84 bits per heavy atom. The van der Waals surface area contributed by atoms with Crippen molar-refractivity contribution in [3.8, 4) is 0 Å². The number of piperidine rings is 1. The predicted molar refractivity (Wildman–Crippen MR) is 129 cm³/mol. The maximum absolute atomic E-state index is 11.0. The molecule has 2 N–H and O–H groups in total. The van der Waals surface area contributed by atoms with Crippen LogP contribution in [0.4, 0.5) is 0 Å². The number of fused-ring (bicyclic) bond motifs is 3. The minimum Gasteiger partial charge on any atom is -0.390 e. The monoisotopic (exact) mass is 436 g/mol. The van der Waals surface area contributed by atoms with Crippen molar-refractivity contribution in [2.24, 2.45) is 0 Å². The van der Waals surface area contributed by atoms with Crippen molar-refractivity contribution in [2.45, 2.75) is 31.1 Å². The van der Waals surface area contributed by atoms with Gasteiger partial charge in [-0.05, 0) is 30.5 Å². The smallest absolute Gasteiger partial charge is 0.0920 e. The van der Waals surface area contributed by atoms with E-state index in [-0.39, 0.29) is 12.4 Å². The molecule has 162 valence electrons. The summed E-state index contributed by atoms with van der Waals surface area (Å²) in [6, 6.07) is 26.8. The zero-order chi connectivity index (χ0) is 20.6. The molecule has 0 aliphatic carbocycles. The molecule has 1 fully saturated rings. The zero-order valence-corrected chi connectivity index (χ0v) is 18.3. The van der Waals surface area contributed by atoms with E-state index in [0.29, 0.717) is 25.9 Å². The first kappa shape index (κ1) is 21.8. The third-order valence-electron chi connectivity index (χ3n) is 6.54. The first-order chi connectivity index (χ1) is 14.6. The number of halogens is 1. The molecular weight excluding hydrogens is 408 g/mol. The maximum Gasteiger partial charge on any atom is 0.0920 e. The number of hydrogen-bond acceptors (Lipinski definition) is 3. The van der Waals surface area contributed by atoms with Crippen molar-refractivity contribution in [1.82, 2.24) is 9.47 Å². The second kappa shape index (κ2) is 9.01. The van der Waals surface area contributed by atoms with E-state index in [9.17, 15) is 10.2 Å². The molecule has 1 aliphatic heterocycles. The van der Waals surface area contributed by atoms with Crippen molar-refractivity contribution in [3.05, 3.63) is 84.4 Å². The molecule has 1 saturated heterocycles. The van der Waals surface area contributed by atoms with Crippen LogP contribution < -0.4 is 0 Å². The van der Waals surface area contributed by atoms with Crippen LogP contribution in [0.25, 0.3) is 21.8 Å². The fourth-order valence-electron chi connectivity index (χ4n) is 4.91. The number of β-amino-alcohol motifs (C(OH)–C–C–N with tert-alkyl or cyclic N) is 1. The second-order valence-corrected chi connectivity index (χ2v) is 8.50. The van der Waals surface area contributed by atoms with E-state index in [4.69, 9.17) is 0 Å². The molecule has 4 aromatic rings. The van der Waals surface area contributed by atoms with Crippen molar-refractivity contribution in [3.63, 3.8) is 0 Å². The molecule has 1 aromatic heterocycles. The highest BCUT2D eigenvalue weighted by Crippen LogP contribution is 2.33. The summed E-state index contributed by atoms with van der Waals surface area (Å²) in [5, 5.41) is 24.4.